The van der Waals surface area contributed by atoms with Gasteiger partial charge >= 0.3 is 0 Å². The zero-order valence-corrected chi connectivity index (χ0v) is 14.7. The zero-order valence-electron chi connectivity index (χ0n) is 13.1. The first-order chi connectivity index (χ1) is 11.2. The van der Waals surface area contributed by atoms with Gasteiger partial charge in [-0.2, -0.15) is 0 Å². The maximum Gasteiger partial charge on any atom is 0.140 e. The van der Waals surface area contributed by atoms with E-state index < -0.39 is 0 Å². The minimum Gasteiger partial charge on any atom is -0.464 e. The lowest BCUT2D eigenvalue weighted by Crippen LogP contribution is -2.27. The maximum absolute atomic E-state index is 5.72. The highest BCUT2D eigenvalue weighted by molar-refractivity contribution is 9.10. The van der Waals surface area contributed by atoms with Crippen LogP contribution in [-0.4, -0.2) is 30.2 Å². The van der Waals surface area contributed by atoms with Crippen molar-refractivity contribution in [2.75, 3.05) is 25.2 Å². The Morgan fingerprint density at radius 3 is 2.83 bits per heavy atom. The highest BCUT2D eigenvalue weighted by Gasteiger charge is 2.15. The largest absolute Gasteiger partial charge is 0.464 e. The number of methoxy groups -OCH3 is 1. The number of ether oxygens (including phenoxy) is 1. The summed E-state index contributed by atoms with van der Waals surface area (Å²) in [6.45, 7) is 3.91. The molecule has 0 saturated carbocycles. The molecule has 0 atom stereocenters. The van der Waals surface area contributed by atoms with E-state index in [2.05, 4.69) is 30.8 Å². The quantitative estimate of drug-likeness (QED) is 0.652. The van der Waals surface area contributed by atoms with Crippen LogP contribution in [0.4, 0.5) is 5.82 Å². The van der Waals surface area contributed by atoms with E-state index >= 15 is 0 Å². The van der Waals surface area contributed by atoms with Crippen LogP contribution in [0.25, 0.3) is 10.9 Å². The number of benzene rings is 1. The highest BCUT2D eigenvalue weighted by atomic mass is 79.9. The standard InChI is InChI=1S/C17H18BrN3O2/c1-12-3-5-14(23-12)10-21(7-8-22-2)17-15-9-13(18)4-6-16(15)19-11-20-17/h3-6,9,11H,7-8,10H2,1-2H3. The van der Waals surface area contributed by atoms with Crippen molar-refractivity contribution in [2.24, 2.45) is 0 Å². The van der Waals surface area contributed by atoms with Crippen molar-refractivity contribution in [1.82, 2.24) is 9.97 Å². The number of aryl methyl sites for hydroxylation is 1. The van der Waals surface area contributed by atoms with Crippen molar-refractivity contribution in [3.63, 3.8) is 0 Å². The lowest BCUT2D eigenvalue weighted by Gasteiger charge is -2.23. The number of fused-ring (bicyclic) bond motifs is 1. The third-order valence-electron chi connectivity index (χ3n) is 3.58. The summed E-state index contributed by atoms with van der Waals surface area (Å²) in [4.78, 5) is 11.0. The van der Waals surface area contributed by atoms with Gasteiger partial charge in [0.1, 0.15) is 23.7 Å². The molecule has 0 aliphatic heterocycles. The second kappa shape index (κ2) is 7.10. The first-order valence-corrected chi connectivity index (χ1v) is 8.16. The Hall–Kier alpha value is -1.92. The van der Waals surface area contributed by atoms with Crippen molar-refractivity contribution >= 4 is 32.7 Å². The summed E-state index contributed by atoms with van der Waals surface area (Å²) in [5.74, 6) is 2.68. The van der Waals surface area contributed by atoms with Crippen LogP contribution in [0.15, 0.2) is 45.5 Å². The Balaban J connectivity index is 2.00. The summed E-state index contributed by atoms with van der Waals surface area (Å²) >= 11 is 3.52. The van der Waals surface area contributed by atoms with Gasteiger partial charge in [-0.25, -0.2) is 9.97 Å². The van der Waals surface area contributed by atoms with Gasteiger partial charge in [0, 0.05) is 23.5 Å². The monoisotopic (exact) mass is 375 g/mol. The molecule has 0 spiro atoms. The summed E-state index contributed by atoms with van der Waals surface area (Å²) in [6, 6.07) is 9.97. The molecule has 3 aromatic rings. The lowest BCUT2D eigenvalue weighted by molar-refractivity contribution is 0.204. The molecule has 3 rings (SSSR count). The summed E-state index contributed by atoms with van der Waals surface area (Å²) in [5.41, 5.74) is 0.913. The van der Waals surface area contributed by atoms with Gasteiger partial charge in [0.15, 0.2) is 0 Å². The maximum atomic E-state index is 5.72. The molecule has 0 unspecified atom stereocenters. The predicted molar refractivity (Wildman–Crippen MR) is 93.6 cm³/mol. The van der Waals surface area contributed by atoms with Gasteiger partial charge in [-0.3, -0.25) is 0 Å². The molecule has 0 aliphatic carbocycles. The minimum absolute atomic E-state index is 0.610. The van der Waals surface area contributed by atoms with E-state index in [4.69, 9.17) is 9.15 Å². The molecule has 0 bridgehead atoms. The van der Waals surface area contributed by atoms with Crippen LogP contribution in [0.1, 0.15) is 11.5 Å². The molecule has 2 aromatic heterocycles. The fourth-order valence-corrected chi connectivity index (χ4v) is 2.85. The van der Waals surface area contributed by atoms with Crippen molar-refractivity contribution in [1.29, 1.82) is 0 Å². The number of halogens is 1. The molecule has 23 heavy (non-hydrogen) atoms. The number of aromatic nitrogens is 2. The molecule has 0 fully saturated rings. The molecule has 5 nitrogen and oxygen atoms in total. The molecule has 120 valence electrons. The second-order valence-electron chi connectivity index (χ2n) is 5.29. The molecule has 2 heterocycles. The Morgan fingerprint density at radius 2 is 2.09 bits per heavy atom. The van der Waals surface area contributed by atoms with Crippen LogP contribution in [-0.2, 0) is 11.3 Å². The van der Waals surface area contributed by atoms with Gasteiger partial charge < -0.3 is 14.1 Å². The molecule has 1 aromatic carbocycles. The van der Waals surface area contributed by atoms with E-state index in [-0.39, 0.29) is 0 Å². The van der Waals surface area contributed by atoms with Crippen LogP contribution in [0.2, 0.25) is 0 Å². The molecule has 0 amide bonds. The van der Waals surface area contributed by atoms with Gasteiger partial charge in [0.05, 0.1) is 18.7 Å². The summed E-state index contributed by atoms with van der Waals surface area (Å²) < 4.78 is 12.0. The van der Waals surface area contributed by atoms with Crippen LogP contribution in [0, 0.1) is 6.92 Å². The summed E-state index contributed by atoms with van der Waals surface area (Å²) in [5, 5.41) is 1.00. The van der Waals surface area contributed by atoms with Crippen LogP contribution < -0.4 is 4.90 Å². The molecule has 0 radical (unpaired) electrons. The average molecular weight is 376 g/mol. The van der Waals surface area contributed by atoms with Crippen LogP contribution in [0.5, 0.6) is 0 Å². The van der Waals surface area contributed by atoms with E-state index in [1.54, 1.807) is 13.4 Å². The topological polar surface area (TPSA) is 51.4 Å². The third-order valence-corrected chi connectivity index (χ3v) is 4.08. The van der Waals surface area contributed by atoms with Crippen molar-refractivity contribution in [3.8, 4) is 0 Å². The van der Waals surface area contributed by atoms with Crippen molar-refractivity contribution < 1.29 is 9.15 Å². The van der Waals surface area contributed by atoms with Crippen molar-refractivity contribution in [2.45, 2.75) is 13.5 Å². The van der Waals surface area contributed by atoms with Gasteiger partial charge in [0.25, 0.3) is 0 Å². The smallest absolute Gasteiger partial charge is 0.140 e. The fraction of sp³-hybridized carbons (Fsp3) is 0.294. The number of hydrogen-bond donors (Lipinski definition) is 0. The number of rotatable bonds is 6. The predicted octanol–water partition coefficient (Wildman–Crippen LogP) is 3.95. The van der Waals surface area contributed by atoms with Gasteiger partial charge in [0.2, 0.25) is 0 Å². The first kappa shape index (κ1) is 16.0. The zero-order chi connectivity index (χ0) is 16.2. The molecular formula is C17H18BrN3O2. The number of nitrogens with zero attached hydrogens (tertiary/aromatic N) is 3. The molecule has 0 N–H and O–H groups in total. The van der Waals surface area contributed by atoms with E-state index in [9.17, 15) is 0 Å². The fourth-order valence-electron chi connectivity index (χ4n) is 2.49. The Kier molecular flexibility index (Phi) is 4.93. The molecule has 0 aliphatic rings. The summed E-state index contributed by atoms with van der Waals surface area (Å²) in [6.07, 6.45) is 1.60. The molecule has 6 heteroatoms. The van der Waals surface area contributed by atoms with Crippen LogP contribution in [0.3, 0.4) is 0 Å². The Morgan fingerprint density at radius 1 is 1.22 bits per heavy atom. The normalized spacial score (nSPS) is 11.1. The SMILES string of the molecule is COCCN(Cc1ccc(C)o1)c1ncnc2ccc(Br)cc12. The van der Waals surface area contributed by atoms with E-state index in [0.717, 1.165) is 39.3 Å². The van der Waals surface area contributed by atoms with Crippen LogP contribution >= 0.6 is 15.9 Å². The average Bonchev–Trinajstić information content (AvgIpc) is 2.96. The number of hydrogen-bond acceptors (Lipinski definition) is 5. The number of anilines is 1. The number of furan rings is 1. The lowest BCUT2D eigenvalue weighted by atomic mass is 10.2. The minimum atomic E-state index is 0.610. The van der Waals surface area contributed by atoms with E-state index in [1.165, 1.54) is 0 Å². The van der Waals surface area contributed by atoms with E-state index in [1.807, 2.05) is 37.3 Å². The van der Waals surface area contributed by atoms with Gasteiger partial charge in [-0.1, -0.05) is 15.9 Å². The summed E-state index contributed by atoms with van der Waals surface area (Å²) in [7, 11) is 1.70. The van der Waals surface area contributed by atoms with Gasteiger partial charge in [-0.15, -0.1) is 0 Å². The second-order valence-corrected chi connectivity index (χ2v) is 6.20. The molecular weight excluding hydrogens is 358 g/mol. The van der Waals surface area contributed by atoms with E-state index in [0.29, 0.717) is 13.2 Å². The first-order valence-electron chi connectivity index (χ1n) is 7.37. The van der Waals surface area contributed by atoms with Gasteiger partial charge in [-0.05, 0) is 37.3 Å². The Bertz CT molecular complexity index is 803. The Labute approximate surface area is 143 Å². The third kappa shape index (κ3) is 3.71. The van der Waals surface area contributed by atoms with Crippen molar-refractivity contribution in [3.05, 3.63) is 52.7 Å². The highest BCUT2D eigenvalue weighted by Crippen LogP contribution is 2.27. The molecule has 0 saturated heterocycles.